The third-order valence-corrected chi connectivity index (χ3v) is 2.86. The Labute approximate surface area is 112 Å². The minimum absolute atomic E-state index is 0.0626. The van der Waals surface area contributed by atoms with Crippen molar-refractivity contribution in [2.75, 3.05) is 0 Å². The lowest BCUT2D eigenvalue weighted by atomic mass is 10.1. The fourth-order valence-electron chi connectivity index (χ4n) is 1.33. The maximum Gasteiger partial charge on any atom is 0.326 e. The summed E-state index contributed by atoms with van der Waals surface area (Å²) in [4.78, 5) is 22.7. The average Bonchev–Trinajstić information content (AvgIpc) is 2.28. The van der Waals surface area contributed by atoms with E-state index in [1.807, 2.05) is 0 Å². The Kier molecular flexibility index (Phi) is 5.03. The number of benzene rings is 1. The van der Waals surface area contributed by atoms with Crippen molar-refractivity contribution in [1.82, 2.24) is 5.32 Å². The number of carboxylic acids is 1. The van der Waals surface area contributed by atoms with Gasteiger partial charge in [0.1, 0.15) is 11.9 Å². The molecule has 4 nitrogen and oxygen atoms in total. The topological polar surface area (TPSA) is 66.4 Å². The van der Waals surface area contributed by atoms with Gasteiger partial charge in [0.15, 0.2) is 0 Å². The van der Waals surface area contributed by atoms with E-state index in [2.05, 4.69) is 27.8 Å². The highest BCUT2D eigenvalue weighted by atomic mass is 79.9. The van der Waals surface area contributed by atoms with Crippen LogP contribution in [-0.4, -0.2) is 23.0 Å². The zero-order valence-electron chi connectivity index (χ0n) is 9.32. The SMILES string of the molecule is C=CCC(NC(=O)c1c(F)cccc1Br)C(=O)O. The normalized spacial score (nSPS) is 11.7. The number of carbonyl (C=O) groups excluding carboxylic acids is 1. The second-order valence-electron chi connectivity index (χ2n) is 3.49. The molecule has 2 N–H and O–H groups in total. The maximum absolute atomic E-state index is 13.5. The van der Waals surface area contributed by atoms with Crippen LogP contribution in [0.3, 0.4) is 0 Å². The third kappa shape index (κ3) is 3.40. The van der Waals surface area contributed by atoms with Crippen molar-refractivity contribution >= 4 is 27.8 Å². The first-order valence-electron chi connectivity index (χ1n) is 5.06. The summed E-state index contributed by atoms with van der Waals surface area (Å²) in [5, 5.41) is 11.1. The van der Waals surface area contributed by atoms with E-state index in [-0.39, 0.29) is 16.5 Å². The van der Waals surface area contributed by atoms with E-state index in [1.165, 1.54) is 18.2 Å². The van der Waals surface area contributed by atoms with Gasteiger partial charge in [-0.15, -0.1) is 6.58 Å². The Hall–Kier alpha value is -1.69. The molecule has 1 aromatic rings. The van der Waals surface area contributed by atoms with E-state index in [9.17, 15) is 14.0 Å². The van der Waals surface area contributed by atoms with Crippen LogP contribution in [0.2, 0.25) is 0 Å². The van der Waals surface area contributed by atoms with Gasteiger partial charge in [-0.05, 0) is 34.5 Å². The Morgan fingerprint density at radius 3 is 2.72 bits per heavy atom. The molecular weight excluding hydrogens is 305 g/mol. The van der Waals surface area contributed by atoms with Crippen molar-refractivity contribution in [3.63, 3.8) is 0 Å². The van der Waals surface area contributed by atoms with Crippen LogP contribution in [0.5, 0.6) is 0 Å². The van der Waals surface area contributed by atoms with E-state index in [0.717, 1.165) is 6.07 Å². The lowest BCUT2D eigenvalue weighted by molar-refractivity contribution is -0.139. The molecule has 1 atom stereocenters. The number of hydrogen-bond donors (Lipinski definition) is 2. The number of halogens is 2. The lowest BCUT2D eigenvalue weighted by Crippen LogP contribution is -2.40. The number of amides is 1. The Bertz CT molecular complexity index is 470. The molecule has 1 aromatic carbocycles. The van der Waals surface area contributed by atoms with Gasteiger partial charge in [0.05, 0.1) is 5.56 Å². The predicted octanol–water partition coefficient (Wildman–Crippen LogP) is 2.35. The van der Waals surface area contributed by atoms with E-state index in [0.29, 0.717) is 0 Å². The van der Waals surface area contributed by atoms with Crippen molar-refractivity contribution in [2.24, 2.45) is 0 Å². The largest absolute Gasteiger partial charge is 0.480 e. The summed E-state index contributed by atoms with van der Waals surface area (Å²) in [6, 6.07) is 2.94. The number of carbonyl (C=O) groups is 2. The fraction of sp³-hybridized carbons (Fsp3) is 0.167. The van der Waals surface area contributed by atoms with E-state index >= 15 is 0 Å². The van der Waals surface area contributed by atoms with Gasteiger partial charge in [0.25, 0.3) is 5.91 Å². The molecule has 1 unspecified atom stereocenters. The zero-order valence-corrected chi connectivity index (χ0v) is 10.9. The van der Waals surface area contributed by atoms with Gasteiger partial charge < -0.3 is 10.4 Å². The molecule has 0 aliphatic heterocycles. The van der Waals surface area contributed by atoms with Crippen LogP contribution in [0.25, 0.3) is 0 Å². The summed E-state index contributed by atoms with van der Waals surface area (Å²) in [6.07, 6.45) is 1.43. The van der Waals surface area contributed by atoms with Crippen molar-refractivity contribution < 1.29 is 19.1 Å². The molecule has 0 saturated carbocycles. The molecule has 96 valence electrons. The van der Waals surface area contributed by atoms with Gasteiger partial charge in [-0.3, -0.25) is 4.79 Å². The molecule has 0 bridgehead atoms. The quantitative estimate of drug-likeness (QED) is 0.820. The summed E-state index contributed by atoms with van der Waals surface area (Å²) in [6.45, 7) is 3.40. The molecule has 0 aliphatic carbocycles. The minimum Gasteiger partial charge on any atom is -0.480 e. The maximum atomic E-state index is 13.5. The molecule has 1 rings (SSSR count). The van der Waals surface area contributed by atoms with Crippen LogP contribution in [0.4, 0.5) is 4.39 Å². The van der Waals surface area contributed by atoms with E-state index < -0.39 is 23.7 Å². The first kappa shape index (κ1) is 14.4. The number of nitrogens with one attached hydrogen (secondary N) is 1. The Morgan fingerprint density at radius 1 is 1.56 bits per heavy atom. The van der Waals surface area contributed by atoms with Crippen LogP contribution in [0.15, 0.2) is 35.3 Å². The second-order valence-corrected chi connectivity index (χ2v) is 4.34. The standard InChI is InChI=1S/C12H11BrFNO3/c1-2-4-9(12(17)18)15-11(16)10-7(13)5-3-6-8(10)14/h2-3,5-6,9H,1,4H2,(H,15,16)(H,17,18). The van der Waals surface area contributed by atoms with Gasteiger partial charge in [0, 0.05) is 4.47 Å². The van der Waals surface area contributed by atoms with Gasteiger partial charge in [0.2, 0.25) is 0 Å². The summed E-state index contributed by atoms with van der Waals surface area (Å²) in [7, 11) is 0. The zero-order chi connectivity index (χ0) is 13.7. The number of hydrogen-bond acceptors (Lipinski definition) is 2. The molecule has 0 spiro atoms. The van der Waals surface area contributed by atoms with Crippen LogP contribution < -0.4 is 5.32 Å². The average molecular weight is 316 g/mol. The molecule has 1 amide bonds. The van der Waals surface area contributed by atoms with E-state index in [4.69, 9.17) is 5.11 Å². The molecule has 0 saturated heterocycles. The van der Waals surface area contributed by atoms with Crippen LogP contribution in [-0.2, 0) is 4.79 Å². The van der Waals surface area contributed by atoms with Crippen LogP contribution in [0.1, 0.15) is 16.8 Å². The van der Waals surface area contributed by atoms with Gasteiger partial charge in [-0.2, -0.15) is 0 Å². The molecule has 0 aliphatic rings. The second kappa shape index (κ2) is 6.30. The molecule has 0 fully saturated rings. The van der Waals surface area contributed by atoms with Gasteiger partial charge in [-0.25, -0.2) is 9.18 Å². The highest BCUT2D eigenvalue weighted by Gasteiger charge is 2.22. The number of carboxylic acid groups (broad SMARTS) is 1. The summed E-state index contributed by atoms with van der Waals surface area (Å²) in [5.74, 6) is -2.70. The monoisotopic (exact) mass is 315 g/mol. The molecule has 0 radical (unpaired) electrons. The Morgan fingerprint density at radius 2 is 2.22 bits per heavy atom. The first-order valence-corrected chi connectivity index (χ1v) is 5.85. The molecule has 0 aromatic heterocycles. The third-order valence-electron chi connectivity index (χ3n) is 2.20. The van der Waals surface area contributed by atoms with Crippen molar-refractivity contribution in [1.29, 1.82) is 0 Å². The van der Waals surface area contributed by atoms with Crippen LogP contribution in [0, 0.1) is 5.82 Å². The summed E-state index contributed by atoms with van der Waals surface area (Å²) in [5.41, 5.74) is -0.215. The Balaban J connectivity index is 2.94. The van der Waals surface area contributed by atoms with Gasteiger partial charge in [-0.1, -0.05) is 12.1 Å². The van der Waals surface area contributed by atoms with Crippen molar-refractivity contribution in [2.45, 2.75) is 12.5 Å². The molecule has 18 heavy (non-hydrogen) atoms. The minimum atomic E-state index is -1.20. The van der Waals surface area contributed by atoms with E-state index in [1.54, 1.807) is 0 Å². The number of rotatable bonds is 5. The highest BCUT2D eigenvalue weighted by Crippen LogP contribution is 2.19. The predicted molar refractivity (Wildman–Crippen MR) is 67.8 cm³/mol. The smallest absolute Gasteiger partial charge is 0.326 e. The fourth-order valence-corrected chi connectivity index (χ4v) is 1.86. The molecule has 0 heterocycles. The summed E-state index contributed by atoms with van der Waals surface area (Å²) < 4.78 is 13.7. The van der Waals surface area contributed by atoms with Crippen LogP contribution >= 0.6 is 15.9 Å². The summed E-state index contributed by atoms with van der Waals surface area (Å²) >= 11 is 3.05. The van der Waals surface area contributed by atoms with Crippen molar-refractivity contribution in [3.8, 4) is 0 Å². The molecular formula is C12H11BrFNO3. The highest BCUT2D eigenvalue weighted by molar-refractivity contribution is 9.10. The first-order chi connectivity index (χ1) is 8.47. The molecule has 6 heteroatoms. The lowest BCUT2D eigenvalue weighted by Gasteiger charge is -2.13. The van der Waals surface area contributed by atoms with Crippen molar-refractivity contribution in [3.05, 3.63) is 46.7 Å². The number of aliphatic carboxylic acids is 1. The van der Waals surface area contributed by atoms with Gasteiger partial charge >= 0.3 is 5.97 Å².